The predicted molar refractivity (Wildman–Crippen MR) is 89.4 cm³/mol. The summed E-state index contributed by atoms with van der Waals surface area (Å²) in [5.41, 5.74) is 3.99. The highest BCUT2D eigenvalue weighted by atomic mass is 35.5. The van der Waals surface area contributed by atoms with Gasteiger partial charge in [-0.2, -0.15) is 0 Å². The Balaban J connectivity index is 1.96. The van der Waals surface area contributed by atoms with Crippen LogP contribution in [0.4, 0.5) is 0 Å². The van der Waals surface area contributed by atoms with Crippen LogP contribution in [0.2, 0.25) is 5.02 Å². The molecule has 1 atom stereocenters. The van der Waals surface area contributed by atoms with Crippen LogP contribution in [-0.2, 0) is 6.42 Å². The molecule has 2 rings (SSSR count). The lowest BCUT2D eigenvalue weighted by atomic mass is 9.99. The standard InChI is InChI=1S/C18H22ClNO/c1-13-4-5-14(2)15(10-13)11-17(20-3)12-21-18-8-6-16(19)7-9-18/h4-10,17,20H,11-12H2,1-3H3. The van der Waals surface area contributed by atoms with Crippen LogP contribution in [0.3, 0.4) is 0 Å². The first-order valence-corrected chi connectivity index (χ1v) is 7.58. The number of likely N-dealkylation sites (N-methyl/N-ethyl adjacent to an activating group) is 1. The Labute approximate surface area is 132 Å². The van der Waals surface area contributed by atoms with Crippen LogP contribution in [-0.4, -0.2) is 19.7 Å². The third kappa shape index (κ3) is 4.76. The minimum atomic E-state index is 0.279. The monoisotopic (exact) mass is 303 g/mol. The fourth-order valence-electron chi connectivity index (χ4n) is 2.26. The number of aryl methyl sites for hydroxylation is 2. The summed E-state index contributed by atoms with van der Waals surface area (Å²) >= 11 is 5.87. The van der Waals surface area contributed by atoms with Crippen molar-refractivity contribution in [3.63, 3.8) is 0 Å². The SMILES string of the molecule is CNC(COc1ccc(Cl)cc1)Cc1cc(C)ccc1C. The average molecular weight is 304 g/mol. The summed E-state index contributed by atoms with van der Waals surface area (Å²) in [6, 6.07) is 14.3. The number of ether oxygens (including phenoxy) is 1. The Bertz CT molecular complexity index is 580. The molecule has 0 aromatic heterocycles. The zero-order valence-electron chi connectivity index (χ0n) is 12.8. The van der Waals surface area contributed by atoms with E-state index in [1.807, 2.05) is 31.3 Å². The highest BCUT2D eigenvalue weighted by Crippen LogP contribution is 2.17. The summed E-state index contributed by atoms with van der Waals surface area (Å²) in [5.74, 6) is 0.848. The van der Waals surface area contributed by atoms with Crippen LogP contribution in [0.1, 0.15) is 16.7 Å². The zero-order chi connectivity index (χ0) is 15.2. The summed E-state index contributed by atoms with van der Waals surface area (Å²) < 4.78 is 5.84. The minimum absolute atomic E-state index is 0.279. The van der Waals surface area contributed by atoms with Gasteiger partial charge in [-0.15, -0.1) is 0 Å². The first kappa shape index (κ1) is 15.9. The Morgan fingerprint density at radius 2 is 1.81 bits per heavy atom. The molecule has 0 aliphatic heterocycles. The second-order valence-corrected chi connectivity index (χ2v) is 5.82. The molecule has 2 aromatic carbocycles. The first-order chi connectivity index (χ1) is 10.1. The van der Waals surface area contributed by atoms with E-state index in [-0.39, 0.29) is 6.04 Å². The van der Waals surface area contributed by atoms with Crippen LogP contribution in [0, 0.1) is 13.8 Å². The van der Waals surface area contributed by atoms with E-state index in [1.165, 1.54) is 16.7 Å². The van der Waals surface area contributed by atoms with E-state index in [0.29, 0.717) is 6.61 Å². The molecule has 0 bridgehead atoms. The van der Waals surface area contributed by atoms with E-state index in [0.717, 1.165) is 17.2 Å². The maximum absolute atomic E-state index is 5.87. The van der Waals surface area contributed by atoms with E-state index in [4.69, 9.17) is 16.3 Å². The van der Waals surface area contributed by atoms with Crippen molar-refractivity contribution in [2.45, 2.75) is 26.3 Å². The molecule has 0 radical (unpaired) electrons. The lowest BCUT2D eigenvalue weighted by Gasteiger charge is -2.18. The van der Waals surface area contributed by atoms with Gasteiger partial charge in [-0.1, -0.05) is 35.4 Å². The van der Waals surface area contributed by atoms with Gasteiger partial charge in [0, 0.05) is 11.1 Å². The van der Waals surface area contributed by atoms with Crippen molar-refractivity contribution in [2.75, 3.05) is 13.7 Å². The molecule has 0 fully saturated rings. The van der Waals surface area contributed by atoms with Gasteiger partial charge in [0.15, 0.2) is 0 Å². The quantitative estimate of drug-likeness (QED) is 0.865. The lowest BCUT2D eigenvalue weighted by Crippen LogP contribution is -2.34. The van der Waals surface area contributed by atoms with Crippen molar-refractivity contribution < 1.29 is 4.74 Å². The van der Waals surface area contributed by atoms with E-state index in [9.17, 15) is 0 Å². The zero-order valence-corrected chi connectivity index (χ0v) is 13.6. The molecule has 0 saturated heterocycles. The Kier molecular flexibility index (Phi) is 5.66. The molecule has 1 unspecified atom stereocenters. The van der Waals surface area contributed by atoms with E-state index in [2.05, 4.69) is 37.4 Å². The lowest BCUT2D eigenvalue weighted by molar-refractivity contribution is 0.269. The molecule has 0 aliphatic carbocycles. The van der Waals surface area contributed by atoms with Crippen LogP contribution >= 0.6 is 11.6 Å². The maximum atomic E-state index is 5.87. The molecular formula is C18H22ClNO. The molecular weight excluding hydrogens is 282 g/mol. The van der Waals surface area contributed by atoms with Gasteiger partial charge in [-0.05, 0) is 62.7 Å². The molecule has 0 aliphatic rings. The van der Waals surface area contributed by atoms with Crippen molar-refractivity contribution in [2.24, 2.45) is 0 Å². The van der Waals surface area contributed by atoms with Crippen LogP contribution < -0.4 is 10.1 Å². The van der Waals surface area contributed by atoms with Gasteiger partial charge < -0.3 is 10.1 Å². The summed E-state index contributed by atoms with van der Waals surface area (Å²) in [6.45, 7) is 4.91. The van der Waals surface area contributed by atoms with Crippen molar-refractivity contribution in [3.05, 3.63) is 64.2 Å². The number of rotatable bonds is 6. The summed E-state index contributed by atoms with van der Waals surface area (Å²) in [4.78, 5) is 0. The van der Waals surface area contributed by atoms with Gasteiger partial charge in [0.2, 0.25) is 0 Å². The Morgan fingerprint density at radius 1 is 1.10 bits per heavy atom. The molecule has 21 heavy (non-hydrogen) atoms. The van der Waals surface area contributed by atoms with Crippen molar-refractivity contribution >= 4 is 11.6 Å². The normalized spacial score (nSPS) is 12.2. The fraction of sp³-hybridized carbons (Fsp3) is 0.333. The number of benzene rings is 2. The molecule has 112 valence electrons. The fourth-order valence-corrected chi connectivity index (χ4v) is 2.38. The molecule has 0 saturated carbocycles. The number of nitrogens with one attached hydrogen (secondary N) is 1. The minimum Gasteiger partial charge on any atom is -0.492 e. The van der Waals surface area contributed by atoms with Crippen LogP contribution in [0.25, 0.3) is 0 Å². The van der Waals surface area contributed by atoms with Crippen molar-refractivity contribution in [1.29, 1.82) is 0 Å². The smallest absolute Gasteiger partial charge is 0.119 e. The number of hydrogen-bond donors (Lipinski definition) is 1. The Hall–Kier alpha value is -1.51. The van der Waals surface area contributed by atoms with Crippen LogP contribution in [0.15, 0.2) is 42.5 Å². The largest absolute Gasteiger partial charge is 0.492 e. The number of hydrogen-bond acceptors (Lipinski definition) is 2. The average Bonchev–Trinajstić information content (AvgIpc) is 2.48. The van der Waals surface area contributed by atoms with Crippen LogP contribution in [0.5, 0.6) is 5.75 Å². The van der Waals surface area contributed by atoms with Gasteiger partial charge in [-0.3, -0.25) is 0 Å². The van der Waals surface area contributed by atoms with Gasteiger partial charge in [0.1, 0.15) is 12.4 Å². The topological polar surface area (TPSA) is 21.3 Å². The highest BCUT2D eigenvalue weighted by molar-refractivity contribution is 6.30. The van der Waals surface area contributed by atoms with E-state index in [1.54, 1.807) is 0 Å². The van der Waals surface area contributed by atoms with Gasteiger partial charge >= 0.3 is 0 Å². The van der Waals surface area contributed by atoms with E-state index >= 15 is 0 Å². The van der Waals surface area contributed by atoms with Crippen molar-refractivity contribution in [1.82, 2.24) is 5.32 Å². The molecule has 2 nitrogen and oxygen atoms in total. The second-order valence-electron chi connectivity index (χ2n) is 5.38. The molecule has 0 amide bonds. The summed E-state index contributed by atoms with van der Waals surface area (Å²) in [6.07, 6.45) is 0.956. The van der Waals surface area contributed by atoms with Gasteiger partial charge in [0.25, 0.3) is 0 Å². The van der Waals surface area contributed by atoms with Gasteiger partial charge in [-0.25, -0.2) is 0 Å². The maximum Gasteiger partial charge on any atom is 0.119 e. The first-order valence-electron chi connectivity index (χ1n) is 7.20. The Morgan fingerprint density at radius 3 is 2.48 bits per heavy atom. The second kappa shape index (κ2) is 7.48. The van der Waals surface area contributed by atoms with Crippen molar-refractivity contribution in [3.8, 4) is 5.75 Å². The molecule has 2 aromatic rings. The molecule has 0 spiro atoms. The third-order valence-electron chi connectivity index (χ3n) is 3.64. The molecule has 0 heterocycles. The van der Waals surface area contributed by atoms with Gasteiger partial charge in [0.05, 0.1) is 0 Å². The number of halogens is 1. The highest BCUT2D eigenvalue weighted by Gasteiger charge is 2.10. The predicted octanol–water partition coefficient (Wildman–Crippen LogP) is 4.17. The van der Waals surface area contributed by atoms with E-state index < -0.39 is 0 Å². The summed E-state index contributed by atoms with van der Waals surface area (Å²) in [5, 5.41) is 4.05. The molecule has 1 N–H and O–H groups in total. The molecule has 3 heteroatoms. The third-order valence-corrected chi connectivity index (χ3v) is 3.90. The summed E-state index contributed by atoms with van der Waals surface area (Å²) in [7, 11) is 1.97.